The molecule has 0 amide bonds. The topological polar surface area (TPSA) is 12.0 Å². The molecule has 100 valence electrons. The van der Waals surface area contributed by atoms with Gasteiger partial charge in [-0.2, -0.15) is 0 Å². The van der Waals surface area contributed by atoms with Crippen molar-refractivity contribution in [3.63, 3.8) is 0 Å². The van der Waals surface area contributed by atoms with Crippen molar-refractivity contribution in [2.24, 2.45) is 0 Å². The third kappa shape index (κ3) is 2.80. The van der Waals surface area contributed by atoms with Gasteiger partial charge in [-0.3, -0.25) is 0 Å². The highest BCUT2D eigenvalue weighted by atomic mass is 79.9. The highest BCUT2D eigenvalue weighted by Gasteiger charge is 2.22. The zero-order valence-corrected chi connectivity index (χ0v) is 13.4. The maximum Gasteiger partial charge on any atom is 0.0326 e. The van der Waals surface area contributed by atoms with Crippen molar-refractivity contribution in [2.75, 3.05) is 6.54 Å². The van der Waals surface area contributed by atoms with Gasteiger partial charge in [0.15, 0.2) is 0 Å². The van der Waals surface area contributed by atoms with E-state index in [1.54, 1.807) is 11.1 Å². The molecule has 2 rings (SSSR count). The van der Waals surface area contributed by atoms with E-state index in [9.17, 15) is 0 Å². The second-order valence-corrected chi connectivity index (χ2v) is 6.30. The molecule has 1 atom stereocenters. The van der Waals surface area contributed by atoms with Crippen LogP contribution in [0.15, 0.2) is 10.5 Å². The summed E-state index contributed by atoms with van der Waals surface area (Å²) in [5.41, 5.74) is 6.06. The van der Waals surface area contributed by atoms with Gasteiger partial charge in [0.05, 0.1) is 0 Å². The van der Waals surface area contributed by atoms with Gasteiger partial charge in [-0.25, -0.2) is 0 Å². The molecule has 1 nitrogen and oxygen atoms in total. The maximum absolute atomic E-state index is 3.74. The van der Waals surface area contributed by atoms with Crippen LogP contribution in [0.3, 0.4) is 0 Å². The van der Waals surface area contributed by atoms with E-state index in [0.29, 0.717) is 6.04 Å². The van der Waals surface area contributed by atoms with Crippen molar-refractivity contribution in [3.05, 3.63) is 32.8 Å². The van der Waals surface area contributed by atoms with Crippen LogP contribution >= 0.6 is 15.9 Å². The number of nitrogens with one attached hydrogen (secondary N) is 1. The molecule has 0 radical (unpaired) electrons. The molecular weight excluding hydrogens is 286 g/mol. The quantitative estimate of drug-likeness (QED) is 0.788. The molecule has 0 saturated heterocycles. The van der Waals surface area contributed by atoms with Crippen LogP contribution in [0.4, 0.5) is 0 Å². The van der Waals surface area contributed by atoms with E-state index in [1.807, 2.05) is 0 Å². The number of hydrogen-bond acceptors (Lipinski definition) is 1. The lowest BCUT2D eigenvalue weighted by molar-refractivity contribution is 0.488. The van der Waals surface area contributed by atoms with Crippen molar-refractivity contribution in [2.45, 2.75) is 58.9 Å². The first-order valence-electron chi connectivity index (χ1n) is 7.17. The van der Waals surface area contributed by atoms with Crippen molar-refractivity contribution >= 4 is 15.9 Å². The Bertz CT molecular complexity index is 426. The van der Waals surface area contributed by atoms with Gasteiger partial charge >= 0.3 is 0 Å². The molecule has 0 aromatic heterocycles. The van der Waals surface area contributed by atoms with Gasteiger partial charge in [-0.15, -0.1) is 0 Å². The number of hydrogen-bond donors (Lipinski definition) is 1. The number of aryl methyl sites for hydroxylation is 1. The maximum atomic E-state index is 3.74. The Hall–Kier alpha value is -0.340. The Morgan fingerprint density at radius 2 is 2.11 bits per heavy atom. The van der Waals surface area contributed by atoms with Crippen LogP contribution in [-0.4, -0.2) is 6.54 Å². The number of halogens is 1. The minimum Gasteiger partial charge on any atom is -0.310 e. The molecule has 1 aliphatic carbocycles. The van der Waals surface area contributed by atoms with Gasteiger partial charge in [-0.1, -0.05) is 29.3 Å². The molecule has 2 heteroatoms. The second-order valence-electron chi connectivity index (χ2n) is 5.45. The third-order valence-corrected chi connectivity index (χ3v) is 4.89. The zero-order chi connectivity index (χ0) is 13.1. The highest BCUT2D eigenvalue weighted by Crippen LogP contribution is 2.36. The van der Waals surface area contributed by atoms with Crippen molar-refractivity contribution in [3.8, 4) is 0 Å². The molecule has 1 aliphatic rings. The zero-order valence-electron chi connectivity index (χ0n) is 11.8. The lowest BCUT2D eigenvalue weighted by Gasteiger charge is -2.23. The first-order valence-corrected chi connectivity index (χ1v) is 7.96. The first kappa shape index (κ1) is 14.1. The van der Waals surface area contributed by atoms with Gasteiger partial charge in [-0.05, 0) is 74.4 Å². The average molecular weight is 310 g/mol. The second kappa shape index (κ2) is 6.21. The highest BCUT2D eigenvalue weighted by molar-refractivity contribution is 9.10. The number of benzene rings is 1. The summed E-state index contributed by atoms with van der Waals surface area (Å²) >= 11 is 3.72. The minimum absolute atomic E-state index is 0.554. The number of fused-ring (bicyclic) bond motifs is 1. The molecule has 1 aromatic rings. The fraction of sp³-hybridized carbons (Fsp3) is 0.625. The summed E-state index contributed by atoms with van der Waals surface area (Å²) < 4.78 is 1.27. The van der Waals surface area contributed by atoms with Crippen LogP contribution in [0.25, 0.3) is 0 Å². The Kier molecular flexibility index (Phi) is 4.85. The molecule has 1 aromatic carbocycles. The SMILES string of the molecule is CCCNC1CCCCc2c(C)cc(Br)c(C)c21. The van der Waals surface area contributed by atoms with Crippen LogP contribution in [0.5, 0.6) is 0 Å². The summed E-state index contributed by atoms with van der Waals surface area (Å²) in [5.74, 6) is 0. The summed E-state index contributed by atoms with van der Waals surface area (Å²) in [6.07, 6.45) is 6.41. The molecule has 0 fully saturated rings. The molecule has 0 aliphatic heterocycles. The minimum atomic E-state index is 0.554. The largest absolute Gasteiger partial charge is 0.310 e. The summed E-state index contributed by atoms with van der Waals surface area (Å²) in [7, 11) is 0. The van der Waals surface area contributed by atoms with Gasteiger partial charge in [0, 0.05) is 10.5 Å². The predicted molar refractivity (Wildman–Crippen MR) is 82.2 cm³/mol. The lowest BCUT2D eigenvalue weighted by atomic mass is 9.91. The van der Waals surface area contributed by atoms with Crippen LogP contribution in [0.2, 0.25) is 0 Å². The summed E-state index contributed by atoms with van der Waals surface area (Å²) in [5, 5.41) is 3.74. The molecular formula is C16H24BrN. The molecule has 0 heterocycles. The summed E-state index contributed by atoms with van der Waals surface area (Å²) in [6, 6.07) is 2.84. The van der Waals surface area contributed by atoms with E-state index < -0.39 is 0 Å². The normalized spacial score (nSPS) is 19.4. The fourth-order valence-electron chi connectivity index (χ4n) is 3.07. The van der Waals surface area contributed by atoms with Crippen molar-refractivity contribution in [1.29, 1.82) is 0 Å². The van der Waals surface area contributed by atoms with Crippen molar-refractivity contribution in [1.82, 2.24) is 5.32 Å². The van der Waals surface area contributed by atoms with Crippen LogP contribution in [0.1, 0.15) is 60.9 Å². The molecule has 0 saturated carbocycles. The standard InChI is InChI=1S/C16H24BrN/c1-4-9-18-15-8-6-5-7-13-11(2)10-14(17)12(3)16(13)15/h10,15,18H,4-9H2,1-3H3. The Labute approximate surface area is 119 Å². The third-order valence-electron chi connectivity index (χ3n) is 4.07. The molecule has 18 heavy (non-hydrogen) atoms. The Morgan fingerprint density at radius 3 is 2.83 bits per heavy atom. The monoisotopic (exact) mass is 309 g/mol. The predicted octanol–water partition coefficient (Wildman–Crippen LogP) is 4.83. The summed E-state index contributed by atoms with van der Waals surface area (Å²) in [4.78, 5) is 0. The van der Waals surface area contributed by atoms with Crippen LogP contribution in [0, 0.1) is 13.8 Å². The van der Waals surface area contributed by atoms with Crippen molar-refractivity contribution < 1.29 is 0 Å². The van der Waals surface area contributed by atoms with E-state index in [-0.39, 0.29) is 0 Å². The van der Waals surface area contributed by atoms with Crippen LogP contribution < -0.4 is 5.32 Å². The van der Waals surface area contributed by atoms with Gasteiger partial charge < -0.3 is 5.32 Å². The Morgan fingerprint density at radius 1 is 1.33 bits per heavy atom. The number of rotatable bonds is 3. The molecule has 0 bridgehead atoms. The average Bonchev–Trinajstić information content (AvgIpc) is 2.56. The van der Waals surface area contributed by atoms with E-state index in [1.165, 1.54) is 47.7 Å². The van der Waals surface area contributed by atoms with E-state index >= 15 is 0 Å². The molecule has 0 spiro atoms. The Balaban J connectivity index is 2.44. The van der Waals surface area contributed by atoms with E-state index in [0.717, 1.165) is 6.54 Å². The van der Waals surface area contributed by atoms with E-state index in [2.05, 4.69) is 48.1 Å². The molecule has 1 N–H and O–H groups in total. The smallest absolute Gasteiger partial charge is 0.0326 e. The van der Waals surface area contributed by atoms with Crippen LogP contribution in [-0.2, 0) is 6.42 Å². The lowest BCUT2D eigenvalue weighted by Crippen LogP contribution is -2.23. The summed E-state index contributed by atoms with van der Waals surface area (Å²) in [6.45, 7) is 7.87. The molecule has 1 unspecified atom stereocenters. The van der Waals surface area contributed by atoms with Gasteiger partial charge in [0.1, 0.15) is 0 Å². The first-order chi connectivity index (χ1) is 8.65. The van der Waals surface area contributed by atoms with Gasteiger partial charge in [0.25, 0.3) is 0 Å². The fourth-order valence-corrected chi connectivity index (χ4v) is 3.63. The van der Waals surface area contributed by atoms with Gasteiger partial charge in [0.2, 0.25) is 0 Å². The van der Waals surface area contributed by atoms with E-state index in [4.69, 9.17) is 0 Å².